The smallest absolute Gasteiger partial charge is 0.326 e. The van der Waals surface area contributed by atoms with E-state index in [4.69, 9.17) is 10.8 Å². The van der Waals surface area contributed by atoms with Crippen molar-refractivity contribution in [2.24, 2.45) is 5.73 Å². The molecule has 7 heteroatoms. The number of thioether (sulfide) groups is 1. The van der Waals surface area contributed by atoms with E-state index >= 15 is 0 Å². The molecule has 1 rings (SSSR count). The van der Waals surface area contributed by atoms with Gasteiger partial charge in [-0.25, -0.2) is 4.98 Å². The van der Waals surface area contributed by atoms with Crippen molar-refractivity contribution in [3.05, 3.63) is 11.1 Å². The summed E-state index contributed by atoms with van der Waals surface area (Å²) in [6.45, 7) is 2.10. The second-order valence-corrected chi connectivity index (χ2v) is 5.37. The first-order chi connectivity index (χ1) is 8.08. The van der Waals surface area contributed by atoms with Gasteiger partial charge in [-0.2, -0.15) is 11.8 Å². The molecule has 0 aliphatic carbocycles. The van der Waals surface area contributed by atoms with Crippen LogP contribution in [-0.4, -0.2) is 34.1 Å². The summed E-state index contributed by atoms with van der Waals surface area (Å²) in [5.41, 5.74) is 5.89. The van der Waals surface area contributed by atoms with Gasteiger partial charge >= 0.3 is 5.97 Å². The Hall–Kier alpha value is -0.790. The quantitative estimate of drug-likeness (QED) is 0.703. The number of anilines is 1. The number of hydrogen-bond acceptors (Lipinski definition) is 6. The highest BCUT2D eigenvalue weighted by Gasteiger charge is 2.18. The molecule has 0 aliphatic heterocycles. The molecule has 17 heavy (non-hydrogen) atoms. The van der Waals surface area contributed by atoms with Crippen LogP contribution in [0.4, 0.5) is 5.13 Å². The van der Waals surface area contributed by atoms with Crippen LogP contribution in [-0.2, 0) is 4.79 Å². The van der Waals surface area contributed by atoms with E-state index in [1.165, 1.54) is 11.3 Å². The largest absolute Gasteiger partial charge is 0.480 e. The van der Waals surface area contributed by atoms with Crippen molar-refractivity contribution >= 4 is 34.2 Å². The van der Waals surface area contributed by atoms with Crippen LogP contribution >= 0.6 is 23.1 Å². The maximum absolute atomic E-state index is 10.7. The number of carbonyl (C=O) groups is 1. The van der Waals surface area contributed by atoms with E-state index in [0.29, 0.717) is 11.7 Å². The van der Waals surface area contributed by atoms with Gasteiger partial charge in [0.1, 0.15) is 6.04 Å². The Morgan fingerprint density at radius 2 is 2.47 bits per heavy atom. The number of nitrogens with zero attached hydrogens (tertiary/aromatic N) is 1. The number of thiazole rings is 1. The van der Waals surface area contributed by atoms with Crippen molar-refractivity contribution in [3.8, 4) is 0 Å². The van der Waals surface area contributed by atoms with Gasteiger partial charge in [-0.1, -0.05) is 6.92 Å². The summed E-state index contributed by atoms with van der Waals surface area (Å²) in [4.78, 5) is 14.9. The SMILES string of the molecule is CCC(CSC)Nc1nc(C(N)C(=O)O)cs1. The predicted molar refractivity (Wildman–Crippen MR) is 72.8 cm³/mol. The van der Waals surface area contributed by atoms with E-state index in [9.17, 15) is 4.79 Å². The van der Waals surface area contributed by atoms with Crippen LogP contribution < -0.4 is 11.1 Å². The third-order valence-electron chi connectivity index (χ3n) is 2.29. The molecule has 0 bridgehead atoms. The second kappa shape index (κ2) is 6.83. The molecule has 2 unspecified atom stereocenters. The topological polar surface area (TPSA) is 88.2 Å². The van der Waals surface area contributed by atoms with E-state index in [-0.39, 0.29) is 0 Å². The maximum Gasteiger partial charge on any atom is 0.326 e. The zero-order valence-corrected chi connectivity index (χ0v) is 11.5. The van der Waals surface area contributed by atoms with Crippen LogP contribution in [0.2, 0.25) is 0 Å². The molecule has 1 aromatic heterocycles. The van der Waals surface area contributed by atoms with Gasteiger partial charge in [0.05, 0.1) is 5.69 Å². The Morgan fingerprint density at radius 3 is 3.00 bits per heavy atom. The molecule has 0 amide bonds. The van der Waals surface area contributed by atoms with Crippen LogP contribution in [0.3, 0.4) is 0 Å². The minimum Gasteiger partial charge on any atom is -0.480 e. The molecule has 2 atom stereocenters. The van der Waals surface area contributed by atoms with Gasteiger partial charge < -0.3 is 16.2 Å². The first-order valence-corrected chi connectivity index (χ1v) is 7.55. The lowest BCUT2D eigenvalue weighted by molar-refractivity contribution is -0.138. The highest BCUT2D eigenvalue weighted by atomic mass is 32.2. The standard InChI is InChI=1S/C10H17N3O2S2/c1-3-6(4-16-2)12-10-13-7(5-17-10)8(11)9(14)15/h5-6,8H,3-4,11H2,1-2H3,(H,12,13)(H,14,15). The molecule has 96 valence electrons. The summed E-state index contributed by atoms with van der Waals surface area (Å²) in [7, 11) is 0. The summed E-state index contributed by atoms with van der Waals surface area (Å²) in [6, 6.07) is -0.688. The predicted octanol–water partition coefficient (Wildman–Crippen LogP) is 1.78. The van der Waals surface area contributed by atoms with Crippen LogP contribution in [0.15, 0.2) is 5.38 Å². The van der Waals surface area contributed by atoms with Crippen LogP contribution in [0.1, 0.15) is 25.1 Å². The Balaban J connectivity index is 2.64. The van der Waals surface area contributed by atoms with Crippen LogP contribution in [0.25, 0.3) is 0 Å². The number of carboxylic acids is 1. The summed E-state index contributed by atoms with van der Waals surface area (Å²) in [6.07, 6.45) is 3.05. The Kier molecular flexibility index (Phi) is 5.73. The zero-order chi connectivity index (χ0) is 12.8. The Morgan fingerprint density at radius 1 is 1.76 bits per heavy atom. The lowest BCUT2D eigenvalue weighted by atomic mass is 10.2. The minimum absolute atomic E-state index is 0.352. The van der Waals surface area contributed by atoms with Crippen LogP contribution in [0, 0.1) is 0 Å². The van der Waals surface area contributed by atoms with E-state index in [2.05, 4.69) is 23.5 Å². The molecule has 4 N–H and O–H groups in total. The average molecular weight is 275 g/mol. The van der Waals surface area contributed by atoms with Gasteiger partial charge in [-0.05, 0) is 12.7 Å². The summed E-state index contributed by atoms with van der Waals surface area (Å²) < 4.78 is 0. The van der Waals surface area contributed by atoms with Crippen molar-refractivity contribution in [2.45, 2.75) is 25.4 Å². The normalized spacial score (nSPS) is 14.3. The second-order valence-electron chi connectivity index (χ2n) is 3.60. The van der Waals surface area contributed by atoms with E-state index in [1.807, 2.05) is 0 Å². The Labute approximate surface area is 109 Å². The number of aliphatic carboxylic acids is 1. The fraction of sp³-hybridized carbons (Fsp3) is 0.600. The molecule has 0 spiro atoms. The van der Waals surface area contributed by atoms with E-state index in [0.717, 1.165) is 17.3 Å². The van der Waals surface area contributed by atoms with Gasteiger partial charge in [0, 0.05) is 17.2 Å². The van der Waals surface area contributed by atoms with E-state index < -0.39 is 12.0 Å². The molecule has 0 aliphatic rings. The number of carboxylic acid groups (broad SMARTS) is 1. The average Bonchev–Trinajstić information content (AvgIpc) is 2.75. The summed E-state index contributed by atoms with van der Waals surface area (Å²) in [5.74, 6) is -0.0610. The molecule has 1 heterocycles. The highest BCUT2D eigenvalue weighted by Crippen LogP contribution is 2.21. The summed E-state index contributed by atoms with van der Waals surface area (Å²) in [5, 5.41) is 14.5. The Bertz CT molecular complexity index is 370. The first kappa shape index (κ1) is 14.3. The van der Waals surface area contributed by atoms with Crippen molar-refractivity contribution in [3.63, 3.8) is 0 Å². The lowest BCUT2D eigenvalue weighted by Crippen LogP contribution is -2.22. The first-order valence-electron chi connectivity index (χ1n) is 5.27. The molecule has 1 aromatic rings. The number of nitrogens with one attached hydrogen (secondary N) is 1. The number of hydrogen-bond donors (Lipinski definition) is 3. The molecule has 5 nitrogen and oxygen atoms in total. The fourth-order valence-electron chi connectivity index (χ4n) is 1.26. The van der Waals surface area contributed by atoms with Crippen molar-refractivity contribution in [1.29, 1.82) is 0 Å². The third kappa shape index (κ3) is 4.18. The van der Waals surface area contributed by atoms with Gasteiger partial charge in [0.25, 0.3) is 0 Å². The monoisotopic (exact) mass is 275 g/mol. The molecule has 0 saturated carbocycles. The number of aromatic nitrogens is 1. The minimum atomic E-state index is -1.06. The maximum atomic E-state index is 10.7. The highest BCUT2D eigenvalue weighted by molar-refractivity contribution is 7.98. The molecule has 0 fully saturated rings. The molecule has 0 saturated heterocycles. The molecule has 0 aromatic carbocycles. The van der Waals surface area contributed by atoms with Crippen molar-refractivity contribution in [1.82, 2.24) is 4.98 Å². The van der Waals surface area contributed by atoms with Crippen LogP contribution in [0.5, 0.6) is 0 Å². The number of nitrogens with two attached hydrogens (primary N) is 1. The lowest BCUT2D eigenvalue weighted by Gasteiger charge is -2.14. The van der Waals surface area contributed by atoms with Crippen molar-refractivity contribution < 1.29 is 9.90 Å². The fourth-order valence-corrected chi connectivity index (χ4v) is 2.81. The molecular formula is C10H17N3O2S2. The summed E-state index contributed by atoms with van der Waals surface area (Å²) >= 11 is 3.16. The van der Waals surface area contributed by atoms with Gasteiger partial charge in [0.15, 0.2) is 5.13 Å². The van der Waals surface area contributed by atoms with Gasteiger partial charge in [-0.15, -0.1) is 11.3 Å². The van der Waals surface area contributed by atoms with E-state index in [1.54, 1.807) is 17.1 Å². The number of rotatable bonds is 7. The zero-order valence-electron chi connectivity index (χ0n) is 9.84. The van der Waals surface area contributed by atoms with Gasteiger partial charge in [-0.3, -0.25) is 4.79 Å². The van der Waals surface area contributed by atoms with Gasteiger partial charge in [0.2, 0.25) is 0 Å². The van der Waals surface area contributed by atoms with Crippen molar-refractivity contribution in [2.75, 3.05) is 17.3 Å². The molecular weight excluding hydrogens is 258 g/mol. The molecule has 0 radical (unpaired) electrons. The third-order valence-corrected chi connectivity index (χ3v) is 3.82.